The predicted molar refractivity (Wildman–Crippen MR) is 73.4 cm³/mol. The maximum atomic E-state index is 11.9. The van der Waals surface area contributed by atoms with Crippen molar-refractivity contribution >= 4 is 17.6 Å². The van der Waals surface area contributed by atoms with Gasteiger partial charge in [0.25, 0.3) is 0 Å². The number of esters is 1. The quantitative estimate of drug-likeness (QED) is 0.798. The second-order valence-corrected chi connectivity index (χ2v) is 5.30. The highest BCUT2D eigenvalue weighted by Crippen LogP contribution is 2.25. The largest absolute Gasteiger partial charge is 0.468 e. The Morgan fingerprint density at radius 1 is 1.37 bits per heavy atom. The second kappa shape index (κ2) is 6.96. The Bertz CT molecular complexity index is 411. The third-order valence-electron chi connectivity index (χ3n) is 3.56. The van der Waals surface area contributed by atoms with Crippen LogP contribution in [0.3, 0.4) is 0 Å². The van der Waals surface area contributed by atoms with Gasteiger partial charge in [-0.25, -0.2) is 0 Å². The van der Waals surface area contributed by atoms with Crippen LogP contribution >= 0.6 is 11.6 Å². The summed E-state index contributed by atoms with van der Waals surface area (Å²) in [5.41, 5.74) is 0. The molecular weight excluding hydrogens is 266 g/mol. The van der Waals surface area contributed by atoms with E-state index in [2.05, 4.69) is 4.90 Å². The first-order chi connectivity index (χ1) is 9.20. The fraction of sp³-hybridized carbons (Fsp3) is 0.643. The number of hydrogen-bond acceptors (Lipinski definition) is 4. The number of hydrogen-bond donors (Lipinski definition) is 0. The topological polar surface area (TPSA) is 42.7 Å². The zero-order chi connectivity index (χ0) is 13.7. The first-order valence-electron chi connectivity index (χ1n) is 6.76. The Morgan fingerprint density at radius 3 is 2.58 bits per heavy atom. The van der Waals surface area contributed by atoms with Crippen molar-refractivity contribution in [2.45, 2.75) is 31.6 Å². The van der Waals surface area contributed by atoms with Crippen LogP contribution in [0.5, 0.6) is 0 Å². The van der Waals surface area contributed by atoms with E-state index in [0.29, 0.717) is 17.5 Å². The van der Waals surface area contributed by atoms with E-state index in [1.165, 1.54) is 32.8 Å². The number of ether oxygens (including phenoxy) is 1. The molecule has 1 atom stereocenters. The van der Waals surface area contributed by atoms with Crippen LogP contribution in [-0.4, -0.2) is 37.6 Å². The number of rotatable bonds is 4. The van der Waals surface area contributed by atoms with Gasteiger partial charge in [-0.15, -0.1) is 0 Å². The van der Waals surface area contributed by atoms with Crippen LogP contribution in [0.15, 0.2) is 16.5 Å². The minimum atomic E-state index is -0.393. The van der Waals surface area contributed by atoms with Crippen molar-refractivity contribution in [1.29, 1.82) is 0 Å². The summed E-state index contributed by atoms with van der Waals surface area (Å²) >= 11 is 5.79. The highest BCUT2D eigenvalue weighted by molar-refractivity contribution is 6.28. The molecule has 1 fully saturated rings. The molecule has 1 saturated heterocycles. The second-order valence-electron chi connectivity index (χ2n) is 4.93. The lowest BCUT2D eigenvalue weighted by Crippen LogP contribution is -2.33. The zero-order valence-corrected chi connectivity index (χ0v) is 12.0. The molecule has 0 aliphatic carbocycles. The summed E-state index contributed by atoms with van der Waals surface area (Å²) < 4.78 is 10.3. The first-order valence-corrected chi connectivity index (χ1v) is 7.14. The summed E-state index contributed by atoms with van der Waals surface area (Å²) in [5, 5.41) is 0.305. The molecule has 0 saturated carbocycles. The standard InChI is InChI=1S/C14H20ClNO3/c1-18-14(17)11(12-6-7-13(15)19-12)10-16-8-4-2-3-5-9-16/h6-7,11H,2-5,8-10H2,1H3. The van der Waals surface area contributed by atoms with Gasteiger partial charge in [-0.1, -0.05) is 12.8 Å². The van der Waals surface area contributed by atoms with E-state index in [4.69, 9.17) is 20.8 Å². The van der Waals surface area contributed by atoms with Crippen LogP contribution in [0, 0.1) is 0 Å². The molecule has 0 radical (unpaired) electrons. The van der Waals surface area contributed by atoms with E-state index in [1.807, 2.05) is 0 Å². The summed E-state index contributed by atoms with van der Waals surface area (Å²) in [6, 6.07) is 3.41. The van der Waals surface area contributed by atoms with Gasteiger partial charge in [0, 0.05) is 6.54 Å². The van der Waals surface area contributed by atoms with E-state index >= 15 is 0 Å². The van der Waals surface area contributed by atoms with Crippen molar-refractivity contribution in [3.05, 3.63) is 23.1 Å². The Kier molecular flexibility index (Phi) is 5.28. The van der Waals surface area contributed by atoms with Crippen LogP contribution < -0.4 is 0 Å². The van der Waals surface area contributed by atoms with Gasteiger partial charge < -0.3 is 14.1 Å². The molecule has 2 heterocycles. The van der Waals surface area contributed by atoms with Gasteiger partial charge in [-0.05, 0) is 49.7 Å². The van der Waals surface area contributed by atoms with Gasteiger partial charge in [0.2, 0.25) is 0 Å². The number of likely N-dealkylation sites (tertiary alicyclic amines) is 1. The highest BCUT2D eigenvalue weighted by Gasteiger charge is 2.27. The maximum absolute atomic E-state index is 11.9. The lowest BCUT2D eigenvalue weighted by molar-refractivity contribution is -0.143. The number of carbonyl (C=O) groups is 1. The Balaban J connectivity index is 2.07. The van der Waals surface area contributed by atoms with E-state index in [0.717, 1.165) is 13.1 Å². The monoisotopic (exact) mass is 285 g/mol. The molecule has 0 N–H and O–H groups in total. The third kappa shape index (κ3) is 3.98. The van der Waals surface area contributed by atoms with Gasteiger partial charge in [-0.2, -0.15) is 0 Å². The maximum Gasteiger partial charge on any atom is 0.317 e. The Hall–Kier alpha value is -1.00. The van der Waals surface area contributed by atoms with Crippen LogP contribution in [0.25, 0.3) is 0 Å². The molecule has 1 aromatic heterocycles. The number of carbonyl (C=O) groups excluding carboxylic acids is 1. The Labute approximate surface area is 118 Å². The Morgan fingerprint density at radius 2 is 2.05 bits per heavy atom. The minimum Gasteiger partial charge on any atom is -0.468 e. The molecule has 1 unspecified atom stereocenters. The lowest BCUT2D eigenvalue weighted by Gasteiger charge is -2.23. The molecule has 0 spiro atoms. The summed E-state index contributed by atoms with van der Waals surface area (Å²) in [4.78, 5) is 14.2. The smallest absolute Gasteiger partial charge is 0.317 e. The summed E-state index contributed by atoms with van der Waals surface area (Å²) in [5.74, 6) is -0.0769. The van der Waals surface area contributed by atoms with Crippen molar-refractivity contribution in [2.24, 2.45) is 0 Å². The van der Waals surface area contributed by atoms with E-state index in [9.17, 15) is 4.79 Å². The molecule has 1 aliphatic rings. The molecule has 5 heteroatoms. The average molecular weight is 286 g/mol. The van der Waals surface area contributed by atoms with E-state index < -0.39 is 5.92 Å². The molecule has 106 valence electrons. The zero-order valence-electron chi connectivity index (χ0n) is 11.2. The minimum absolute atomic E-state index is 0.268. The summed E-state index contributed by atoms with van der Waals surface area (Å²) in [6.45, 7) is 2.69. The van der Waals surface area contributed by atoms with Crippen molar-refractivity contribution in [1.82, 2.24) is 4.90 Å². The van der Waals surface area contributed by atoms with E-state index in [-0.39, 0.29) is 5.97 Å². The van der Waals surface area contributed by atoms with Crippen LogP contribution in [-0.2, 0) is 9.53 Å². The van der Waals surface area contributed by atoms with Crippen LogP contribution in [0.2, 0.25) is 5.22 Å². The van der Waals surface area contributed by atoms with Crippen LogP contribution in [0.4, 0.5) is 0 Å². The highest BCUT2D eigenvalue weighted by atomic mass is 35.5. The average Bonchev–Trinajstić information content (AvgIpc) is 2.68. The fourth-order valence-electron chi connectivity index (χ4n) is 2.52. The normalized spacial score (nSPS) is 18.8. The van der Waals surface area contributed by atoms with Gasteiger partial charge in [0.1, 0.15) is 11.7 Å². The number of halogens is 1. The predicted octanol–water partition coefficient (Wildman–Crippen LogP) is 3.07. The number of nitrogens with zero attached hydrogens (tertiary/aromatic N) is 1. The molecule has 1 aliphatic heterocycles. The third-order valence-corrected chi connectivity index (χ3v) is 3.77. The molecular formula is C14H20ClNO3. The van der Waals surface area contributed by atoms with Crippen molar-refractivity contribution < 1.29 is 13.9 Å². The van der Waals surface area contributed by atoms with Crippen molar-refractivity contribution in [2.75, 3.05) is 26.7 Å². The lowest BCUT2D eigenvalue weighted by atomic mass is 10.1. The van der Waals surface area contributed by atoms with Crippen molar-refractivity contribution in [3.63, 3.8) is 0 Å². The summed E-state index contributed by atoms with van der Waals surface area (Å²) in [7, 11) is 1.41. The molecule has 0 aromatic carbocycles. The summed E-state index contributed by atoms with van der Waals surface area (Å²) in [6.07, 6.45) is 4.91. The van der Waals surface area contributed by atoms with Gasteiger partial charge in [-0.3, -0.25) is 4.79 Å². The molecule has 1 aromatic rings. The molecule has 19 heavy (non-hydrogen) atoms. The van der Waals surface area contributed by atoms with Gasteiger partial charge in [0.05, 0.1) is 7.11 Å². The number of methoxy groups -OCH3 is 1. The molecule has 0 amide bonds. The number of furan rings is 1. The fourth-order valence-corrected chi connectivity index (χ4v) is 2.67. The molecule has 4 nitrogen and oxygen atoms in total. The molecule has 2 rings (SSSR count). The van der Waals surface area contributed by atoms with Crippen molar-refractivity contribution in [3.8, 4) is 0 Å². The van der Waals surface area contributed by atoms with Crippen LogP contribution in [0.1, 0.15) is 37.4 Å². The molecule has 0 bridgehead atoms. The van der Waals surface area contributed by atoms with Gasteiger partial charge >= 0.3 is 5.97 Å². The van der Waals surface area contributed by atoms with E-state index in [1.54, 1.807) is 12.1 Å². The SMILES string of the molecule is COC(=O)C(CN1CCCCCC1)c1ccc(Cl)o1. The first kappa shape index (κ1) is 14.4. The van der Waals surface area contributed by atoms with Gasteiger partial charge in [0.15, 0.2) is 5.22 Å².